The van der Waals surface area contributed by atoms with E-state index in [0.29, 0.717) is 5.41 Å². The van der Waals surface area contributed by atoms with Gasteiger partial charge >= 0.3 is 41.7 Å². The van der Waals surface area contributed by atoms with E-state index < -0.39 is 7.26 Å². The van der Waals surface area contributed by atoms with Crippen LogP contribution in [0.5, 0.6) is 0 Å². The number of rotatable bonds is 1. The first-order valence-corrected chi connectivity index (χ1v) is 11.9. The molecule has 0 aromatic rings. The van der Waals surface area contributed by atoms with E-state index in [1.54, 1.807) is 0 Å². The SMILES string of the molecule is C=C1C=CC(C(C)(C)C)=C1.[CH2-][P+](C)(C)C1CCC(C(C)(C)C)C1.[CH3-].[CH3-].[CH3-].[Ce+4]. The molecule has 0 aromatic heterocycles. The van der Waals surface area contributed by atoms with Crippen molar-refractivity contribution < 1.29 is 41.7 Å². The molecule has 0 radical (unpaired) electrons. The molecule has 0 spiro atoms. The summed E-state index contributed by atoms with van der Waals surface area (Å²) >= 11 is 0. The molecule has 2 rings (SSSR count). The van der Waals surface area contributed by atoms with Crippen molar-refractivity contribution in [3.63, 3.8) is 0 Å². The first-order chi connectivity index (χ1) is 10.2. The van der Waals surface area contributed by atoms with Crippen molar-refractivity contribution in [1.29, 1.82) is 0 Å². The summed E-state index contributed by atoms with van der Waals surface area (Å²) < 4.78 is 0. The number of hydrogen-bond acceptors (Lipinski definition) is 0. The quantitative estimate of drug-likeness (QED) is 0.240. The molecular formula is C25H48CeP+. The van der Waals surface area contributed by atoms with Crippen LogP contribution >= 0.6 is 7.26 Å². The van der Waals surface area contributed by atoms with Gasteiger partial charge in [0.2, 0.25) is 0 Å². The van der Waals surface area contributed by atoms with Crippen LogP contribution in [0.1, 0.15) is 60.8 Å². The van der Waals surface area contributed by atoms with Crippen LogP contribution < -0.4 is 0 Å². The molecule has 0 heterocycles. The predicted octanol–water partition coefficient (Wildman–Crippen LogP) is 8.71. The normalized spacial score (nSPS) is 21.5. The minimum absolute atomic E-state index is 0. The first kappa shape index (κ1) is 35.5. The van der Waals surface area contributed by atoms with E-state index in [0.717, 1.165) is 17.2 Å². The fourth-order valence-electron chi connectivity index (χ4n) is 3.34. The molecule has 2 atom stereocenters. The molecular weight excluding hydrogens is 471 g/mol. The Morgan fingerprint density at radius 1 is 0.963 bits per heavy atom. The van der Waals surface area contributed by atoms with Crippen LogP contribution in [-0.2, 0) is 0 Å². The summed E-state index contributed by atoms with van der Waals surface area (Å²) in [6.45, 7) is 26.8. The second-order valence-electron chi connectivity index (χ2n) is 10.1. The smallest absolute Gasteiger partial charge is 0.358 e. The average molecular weight is 520 g/mol. The van der Waals surface area contributed by atoms with Crippen LogP contribution in [0.15, 0.2) is 36.0 Å². The number of hydrogen-bond donors (Lipinski definition) is 0. The molecule has 0 nitrogen and oxygen atoms in total. The van der Waals surface area contributed by atoms with Crippen molar-refractivity contribution in [3.05, 3.63) is 64.9 Å². The van der Waals surface area contributed by atoms with Gasteiger partial charge in [-0.3, -0.25) is 0 Å². The van der Waals surface area contributed by atoms with Gasteiger partial charge < -0.3 is 22.3 Å². The van der Waals surface area contributed by atoms with Gasteiger partial charge in [-0.1, -0.05) is 66.3 Å². The summed E-state index contributed by atoms with van der Waals surface area (Å²) in [6, 6.07) is 0. The monoisotopic (exact) mass is 519 g/mol. The molecule has 2 heteroatoms. The van der Waals surface area contributed by atoms with Crippen LogP contribution in [0.25, 0.3) is 0 Å². The Morgan fingerprint density at radius 3 is 1.63 bits per heavy atom. The van der Waals surface area contributed by atoms with Gasteiger partial charge in [0, 0.05) is 19.0 Å². The maximum Gasteiger partial charge on any atom is 4.00 e. The van der Waals surface area contributed by atoms with E-state index in [4.69, 9.17) is 0 Å². The zero-order valence-electron chi connectivity index (χ0n) is 20.4. The Labute approximate surface area is 208 Å². The summed E-state index contributed by atoms with van der Waals surface area (Å²) in [5.41, 5.74) is 4.24. The second kappa shape index (κ2) is 13.4. The summed E-state index contributed by atoms with van der Waals surface area (Å²) in [7, 11) is -0.820. The predicted molar refractivity (Wildman–Crippen MR) is 130 cm³/mol. The van der Waals surface area contributed by atoms with E-state index in [9.17, 15) is 0 Å². The largest absolute Gasteiger partial charge is 4.00 e. The Hall–Kier alpha value is 1.03. The third kappa shape index (κ3) is 12.3. The van der Waals surface area contributed by atoms with Crippen molar-refractivity contribution >= 4 is 7.26 Å². The van der Waals surface area contributed by atoms with Crippen LogP contribution in [0.3, 0.4) is 0 Å². The molecule has 0 N–H and O–H groups in total. The fourth-order valence-corrected chi connectivity index (χ4v) is 5.01. The van der Waals surface area contributed by atoms with Crippen molar-refractivity contribution in [2.45, 2.75) is 66.5 Å². The molecule has 2 aliphatic rings. The van der Waals surface area contributed by atoms with Gasteiger partial charge in [0.1, 0.15) is 0 Å². The topological polar surface area (TPSA) is 0 Å². The summed E-state index contributed by atoms with van der Waals surface area (Å²) in [4.78, 5) is 0. The van der Waals surface area contributed by atoms with Crippen molar-refractivity contribution in [2.75, 3.05) is 13.3 Å². The maximum atomic E-state index is 4.38. The van der Waals surface area contributed by atoms with Gasteiger partial charge in [-0.2, -0.15) is 6.66 Å². The molecule has 2 unspecified atom stereocenters. The van der Waals surface area contributed by atoms with Crippen molar-refractivity contribution in [1.82, 2.24) is 0 Å². The minimum Gasteiger partial charge on any atom is -0.358 e. The van der Waals surface area contributed by atoms with Crippen LogP contribution in [-0.4, -0.2) is 19.0 Å². The van der Waals surface area contributed by atoms with Gasteiger partial charge in [0.05, 0.1) is 0 Å². The molecule has 0 aromatic carbocycles. The molecule has 2 aliphatic carbocycles. The van der Waals surface area contributed by atoms with Crippen molar-refractivity contribution in [2.24, 2.45) is 16.7 Å². The summed E-state index contributed by atoms with van der Waals surface area (Å²) in [5.74, 6) is 0.943. The number of allylic oxidation sites excluding steroid dienone is 5. The molecule has 0 amide bonds. The molecule has 0 saturated heterocycles. The molecule has 1 fully saturated rings. The van der Waals surface area contributed by atoms with Gasteiger partial charge in [-0.25, -0.2) is 0 Å². The van der Waals surface area contributed by atoms with E-state index in [-0.39, 0.29) is 69.4 Å². The van der Waals surface area contributed by atoms with E-state index in [1.807, 2.05) is 0 Å². The van der Waals surface area contributed by atoms with E-state index in [1.165, 1.54) is 24.8 Å². The van der Waals surface area contributed by atoms with E-state index >= 15 is 0 Å². The molecule has 156 valence electrons. The molecule has 0 bridgehead atoms. The standard InChI is InChI=1S/C12H25P.C10H14.3CH3.Ce/c1-12(2,3)10-7-8-11(9-10)13(4,5)6;1-8-5-6-9(7-8)10(2,3)4;;;;/h10-11H,4,7-9H2,1-3,5-6H3;5-7H,1H2,2-4H3;3*1H3;/q;;3*-1;+4. The summed E-state index contributed by atoms with van der Waals surface area (Å²) in [6.07, 6.45) is 10.6. The Balaban J connectivity index is -0.000000174. The fraction of sp³-hybridized carbons (Fsp3) is 0.600. The first-order valence-electron chi connectivity index (χ1n) is 8.98. The van der Waals surface area contributed by atoms with Gasteiger partial charge in [-0.15, -0.1) is 7.26 Å². The second-order valence-corrected chi connectivity index (χ2v) is 14.4. The average Bonchev–Trinajstić information content (AvgIpc) is 2.94. The third-order valence-corrected chi connectivity index (χ3v) is 7.75. The van der Waals surface area contributed by atoms with Crippen molar-refractivity contribution in [3.8, 4) is 0 Å². The zero-order chi connectivity index (χ0) is 18.1. The van der Waals surface area contributed by atoms with Crippen LogP contribution in [0.4, 0.5) is 0 Å². The van der Waals surface area contributed by atoms with Gasteiger partial charge in [0.25, 0.3) is 0 Å². The Kier molecular flexibility index (Phi) is 17.5. The third-order valence-electron chi connectivity index (χ3n) is 5.30. The zero-order valence-corrected chi connectivity index (χ0v) is 24.4. The maximum absolute atomic E-state index is 4.38. The van der Waals surface area contributed by atoms with Gasteiger partial charge in [0.15, 0.2) is 0 Å². The molecule has 1 saturated carbocycles. The molecule has 0 aliphatic heterocycles. The minimum atomic E-state index is -0.820. The van der Waals surface area contributed by atoms with Crippen LogP contribution in [0, 0.1) is 87.4 Å². The Morgan fingerprint density at radius 2 is 1.44 bits per heavy atom. The van der Waals surface area contributed by atoms with Crippen LogP contribution in [0.2, 0.25) is 0 Å². The molecule has 27 heavy (non-hydrogen) atoms. The van der Waals surface area contributed by atoms with Gasteiger partial charge in [-0.05, 0) is 47.2 Å². The van der Waals surface area contributed by atoms with E-state index in [2.05, 4.69) is 86.3 Å². The Bertz CT molecular complexity index is 458. The summed E-state index contributed by atoms with van der Waals surface area (Å²) in [5, 5.41) is 0.